The van der Waals surface area contributed by atoms with Crippen LogP contribution in [-0.2, 0) is 46.7 Å². The second kappa shape index (κ2) is 16.5. The molecule has 2 aliphatic heterocycles. The van der Waals surface area contributed by atoms with Crippen molar-refractivity contribution in [3.8, 4) is 0 Å². The first-order valence-corrected chi connectivity index (χ1v) is 17.2. The third-order valence-electron chi connectivity index (χ3n) is 7.81. The summed E-state index contributed by atoms with van der Waals surface area (Å²) in [5.41, 5.74) is -2.64. The Labute approximate surface area is 283 Å². The number of nitrogens with zero attached hydrogens (tertiary/aromatic N) is 2. The van der Waals surface area contributed by atoms with Gasteiger partial charge in [0.05, 0.1) is 6.61 Å². The van der Waals surface area contributed by atoms with Crippen molar-refractivity contribution < 1.29 is 56.9 Å². The first kappa shape index (κ1) is 39.0. The number of ether oxygens (including phenoxy) is 4. The molecule has 0 bridgehead atoms. The summed E-state index contributed by atoms with van der Waals surface area (Å²) < 4.78 is 54.4. The number of carbonyl (C=O) groups excluding carboxylic acids is 2. The zero-order chi connectivity index (χ0) is 36.9. The number of aliphatic hydroxyl groups excluding tert-OH is 2. The number of carbonyl (C=O) groups is 2. The first-order chi connectivity index (χ1) is 23.5. The van der Waals surface area contributed by atoms with Crippen LogP contribution < -0.4 is 22.5 Å². The summed E-state index contributed by atoms with van der Waals surface area (Å²) in [4.78, 5) is 76.9. The Morgan fingerprint density at radius 1 is 0.840 bits per heavy atom. The summed E-state index contributed by atoms with van der Waals surface area (Å²) in [6.45, 7) is 6.74. The second-order valence-electron chi connectivity index (χ2n) is 11.8. The Morgan fingerprint density at radius 3 is 1.64 bits per heavy atom. The molecule has 21 heteroatoms. The van der Waals surface area contributed by atoms with E-state index in [1.54, 1.807) is 0 Å². The summed E-state index contributed by atoms with van der Waals surface area (Å²) >= 11 is 0. The molecule has 2 fully saturated rings. The molecule has 8 atom stereocenters. The highest BCUT2D eigenvalue weighted by Crippen LogP contribution is 2.54. The van der Waals surface area contributed by atoms with Crippen LogP contribution in [0.5, 0.6) is 0 Å². The maximum Gasteiger partial charge on any atom is 0.479 e. The summed E-state index contributed by atoms with van der Waals surface area (Å²) in [5.74, 6) is -1.57. The van der Waals surface area contributed by atoms with Crippen molar-refractivity contribution >= 4 is 19.8 Å². The molecule has 4 rings (SSSR count). The third kappa shape index (κ3) is 9.52. The van der Waals surface area contributed by atoms with Gasteiger partial charge in [-0.25, -0.2) is 14.2 Å². The number of hydrogen-bond donors (Lipinski definition) is 4. The van der Waals surface area contributed by atoms with Gasteiger partial charge in [0.25, 0.3) is 11.1 Å². The molecule has 2 aromatic rings. The van der Waals surface area contributed by atoms with Gasteiger partial charge in [0.15, 0.2) is 12.6 Å². The van der Waals surface area contributed by atoms with Crippen molar-refractivity contribution in [2.45, 2.75) is 116 Å². The molecule has 278 valence electrons. The smallest absolute Gasteiger partial charge is 0.459 e. The summed E-state index contributed by atoms with van der Waals surface area (Å²) in [6.07, 6.45) is -8.77. The number of unbranched alkanes of at least 4 members (excludes halogenated alkanes) is 2. The van der Waals surface area contributed by atoms with Gasteiger partial charge in [-0.05, 0) is 20.3 Å². The second-order valence-corrected chi connectivity index (χ2v) is 13.4. The number of aromatic nitrogens is 4. The van der Waals surface area contributed by atoms with E-state index in [9.17, 15) is 43.5 Å². The van der Waals surface area contributed by atoms with Gasteiger partial charge in [-0.3, -0.25) is 51.9 Å². The fourth-order valence-corrected chi connectivity index (χ4v) is 6.72. The maximum atomic E-state index is 14.0. The van der Waals surface area contributed by atoms with Crippen LogP contribution in [0.25, 0.3) is 0 Å². The van der Waals surface area contributed by atoms with Gasteiger partial charge < -0.3 is 29.2 Å². The van der Waals surface area contributed by atoms with E-state index in [-0.39, 0.29) is 30.6 Å². The lowest BCUT2D eigenvalue weighted by atomic mass is 10.1. The Morgan fingerprint density at radius 2 is 1.26 bits per heavy atom. The average molecular weight is 733 g/mol. The van der Waals surface area contributed by atoms with Gasteiger partial charge in [0.1, 0.15) is 36.9 Å². The number of phosphoric acid groups is 1. The molecule has 0 aromatic carbocycles. The minimum absolute atomic E-state index is 0.161. The highest BCUT2D eigenvalue weighted by Gasteiger charge is 2.50. The van der Waals surface area contributed by atoms with E-state index in [0.717, 1.165) is 29.4 Å². The third-order valence-corrected chi connectivity index (χ3v) is 9.26. The van der Waals surface area contributed by atoms with Crippen LogP contribution in [-0.4, -0.2) is 84.9 Å². The molecule has 0 saturated carbocycles. The van der Waals surface area contributed by atoms with Gasteiger partial charge >= 0.3 is 31.1 Å². The lowest BCUT2D eigenvalue weighted by Crippen LogP contribution is -2.41. The lowest BCUT2D eigenvalue weighted by Gasteiger charge is -2.29. The minimum atomic E-state index is -5.00. The van der Waals surface area contributed by atoms with Crippen molar-refractivity contribution in [2.24, 2.45) is 0 Å². The molecule has 4 N–H and O–H groups in total. The van der Waals surface area contributed by atoms with E-state index in [4.69, 9.17) is 32.5 Å². The van der Waals surface area contributed by atoms with Crippen LogP contribution in [0.3, 0.4) is 0 Å². The predicted molar refractivity (Wildman–Crippen MR) is 168 cm³/mol. The molecule has 0 spiro atoms. The van der Waals surface area contributed by atoms with Gasteiger partial charge in [-0.15, -0.1) is 0 Å². The van der Waals surface area contributed by atoms with Gasteiger partial charge in [-0.2, -0.15) is 0 Å². The maximum absolute atomic E-state index is 14.0. The molecular formula is C29H41N4O16P. The van der Waals surface area contributed by atoms with Crippen LogP contribution >= 0.6 is 7.82 Å². The number of phosphoric ester groups is 1. The lowest BCUT2D eigenvalue weighted by molar-refractivity contribution is -0.196. The highest BCUT2D eigenvalue weighted by molar-refractivity contribution is 7.48. The Hall–Kier alpha value is -3.75. The standard InChI is InChI=1S/C29H41N4O16P/c1-6-7-8-9-43-50(42,48-26(38)22-18(44-16(4)34)10-20(46-22)32-12-14(2)24(36)30-28(32)40)49-27(39)23-19(45-17(5)35)11-21(47-23)33-13-15(3)25(37)31-29(33)41/h12-13,18-23,26-27,38-39H,6-11H2,1-5H3,(H,30,36,40)(H,31,37,41)/t18-,19-,20+,21+,22-,23-,26?,27?,50?/m0/s1. The van der Waals surface area contributed by atoms with Gasteiger partial charge in [0.2, 0.25) is 0 Å². The van der Waals surface area contributed by atoms with Crippen molar-refractivity contribution in [3.05, 3.63) is 65.2 Å². The zero-order valence-corrected chi connectivity index (χ0v) is 28.9. The average Bonchev–Trinajstić information content (AvgIpc) is 3.62. The van der Waals surface area contributed by atoms with Crippen molar-refractivity contribution in [1.82, 2.24) is 19.1 Å². The number of rotatable bonds is 15. The molecule has 2 unspecified atom stereocenters. The number of nitrogens with one attached hydrogen (secondary N) is 2. The van der Waals surface area contributed by atoms with Gasteiger partial charge in [-0.1, -0.05) is 19.8 Å². The van der Waals surface area contributed by atoms with E-state index in [0.29, 0.717) is 12.8 Å². The monoisotopic (exact) mass is 732 g/mol. The summed E-state index contributed by atoms with van der Waals surface area (Å²) in [6, 6.07) is 0. The SMILES string of the molecule is CCCCCOP(=O)(OC(O)[C@H]1O[C@@H](n2cc(C)c(=O)[nH]c2=O)C[C@@H]1OC(C)=O)OC(O)[C@H]1O[C@@H](n2cc(C)c(=O)[nH]c2=O)C[C@@H]1OC(C)=O. The zero-order valence-electron chi connectivity index (χ0n) is 28.0. The van der Waals surface area contributed by atoms with Gasteiger partial charge in [0, 0.05) is 50.2 Å². The Bertz CT molecular complexity index is 1700. The number of aromatic amines is 2. The quantitative estimate of drug-likeness (QED) is 0.0820. The molecule has 4 heterocycles. The number of hydrogen-bond acceptors (Lipinski definition) is 16. The van der Waals surface area contributed by atoms with E-state index in [1.165, 1.54) is 26.2 Å². The molecule has 2 aromatic heterocycles. The van der Waals surface area contributed by atoms with Crippen LogP contribution in [0.2, 0.25) is 0 Å². The van der Waals surface area contributed by atoms with Crippen LogP contribution in [0.4, 0.5) is 0 Å². The molecular weight excluding hydrogens is 691 g/mol. The van der Waals surface area contributed by atoms with Crippen molar-refractivity contribution in [1.29, 1.82) is 0 Å². The van der Waals surface area contributed by atoms with E-state index in [2.05, 4.69) is 9.97 Å². The number of H-pyrrole nitrogens is 2. The Kier molecular flexibility index (Phi) is 12.9. The van der Waals surface area contributed by atoms with Crippen LogP contribution in [0, 0.1) is 13.8 Å². The largest absolute Gasteiger partial charge is 0.479 e. The molecule has 2 aliphatic rings. The number of esters is 2. The topological polar surface area (TPSA) is 266 Å². The molecule has 0 aliphatic carbocycles. The summed E-state index contributed by atoms with van der Waals surface area (Å²) in [5, 5.41) is 22.3. The highest BCUT2D eigenvalue weighted by atomic mass is 31.2. The normalized spacial score (nSPS) is 25.9. The molecule has 0 radical (unpaired) electrons. The number of aliphatic hydroxyl groups is 2. The molecule has 20 nitrogen and oxygen atoms in total. The Balaban J connectivity index is 1.59. The van der Waals surface area contributed by atoms with E-state index >= 15 is 0 Å². The molecule has 0 amide bonds. The van der Waals surface area contributed by atoms with Crippen LogP contribution in [0.15, 0.2) is 31.6 Å². The predicted octanol–water partition coefficient (Wildman–Crippen LogP) is 0.127. The van der Waals surface area contributed by atoms with E-state index < -0.39 is 91.7 Å². The number of aryl methyl sites for hydroxylation is 2. The summed E-state index contributed by atoms with van der Waals surface area (Å²) in [7, 11) is -5.00. The van der Waals surface area contributed by atoms with Crippen LogP contribution in [0.1, 0.15) is 76.5 Å². The van der Waals surface area contributed by atoms with Crippen molar-refractivity contribution in [3.63, 3.8) is 0 Å². The fraction of sp³-hybridized carbons (Fsp3) is 0.655. The van der Waals surface area contributed by atoms with E-state index in [1.807, 2.05) is 6.92 Å². The first-order valence-electron chi connectivity index (χ1n) is 15.8. The fourth-order valence-electron chi connectivity index (χ4n) is 5.43. The molecule has 2 saturated heterocycles. The minimum Gasteiger partial charge on any atom is -0.459 e. The molecule has 50 heavy (non-hydrogen) atoms. The van der Waals surface area contributed by atoms with Crippen molar-refractivity contribution in [2.75, 3.05) is 6.61 Å².